The molecular formula is C12H15N5O4. The van der Waals surface area contributed by atoms with Gasteiger partial charge in [-0.25, -0.2) is 24.5 Å². The van der Waals surface area contributed by atoms with E-state index in [-0.39, 0.29) is 0 Å². The van der Waals surface area contributed by atoms with Crippen molar-refractivity contribution in [3.05, 3.63) is 18.9 Å². The highest BCUT2D eigenvalue weighted by atomic mass is 16.6. The molecule has 0 spiro atoms. The predicted molar refractivity (Wildman–Crippen MR) is 71.4 cm³/mol. The molecule has 0 aromatic carbocycles. The summed E-state index contributed by atoms with van der Waals surface area (Å²) in [5.41, 5.74) is -0.00467. The van der Waals surface area contributed by atoms with Crippen molar-refractivity contribution < 1.29 is 19.4 Å². The third kappa shape index (κ3) is 3.44. The van der Waals surface area contributed by atoms with Gasteiger partial charge in [-0.1, -0.05) is 0 Å². The van der Waals surface area contributed by atoms with Gasteiger partial charge in [-0.2, -0.15) is 0 Å². The Morgan fingerprint density at radius 3 is 2.71 bits per heavy atom. The number of fused-ring (bicyclic) bond motifs is 1. The highest BCUT2D eigenvalue weighted by Crippen LogP contribution is 2.14. The number of imidazole rings is 1. The molecule has 0 bridgehead atoms. The molecule has 1 atom stereocenters. The second-order valence-electron chi connectivity index (χ2n) is 5.27. The van der Waals surface area contributed by atoms with Crippen LogP contribution in [-0.4, -0.2) is 42.3 Å². The van der Waals surface area contributed by atoms with Gasteiger partial charge in [0, 0.05) is 0 Å². The Morgan fingerprint density at radius 1 is 1.38 bits per heavy atom. The average molecular weight is 293 g/mol. The maximum absolute atomic E-state index is 11.7. The smallest absolute Gasteiger partial charge is 0.409 e. The Morgan fingerprint density at radius 2 is 2.10 bits per heavy atom. The average Bonchev–Trinajstić information content (AvgIpc) is 2.77. The van der Waals surface area contributed by atoms with Crippen LogP contribution in [0.3, 0.4) is 0 Å². The van der Waals surface area contributed by atoms with Crippen LogP contribution in [0.2, 0.25) is 0 Å². The lowest BCUT2D eigenvalue weighted by Crippen LogP contribution is -2.40. The van der Waals surface area contributed by atoms with E-state index in [4.69, 9.17) is 4.74 Å². The van der Waals surface area contributed by atoms with E-state index in [1.54, 1.807) is 20.8 Å². The lowest BCUT2D eigenvalue weighted by Gasteiger charge is -2.22. The third-order valence-corrected chi connectivity index (χ3v) is 2.40. The van der Waals surface area contributed by atoms with Crippen LogP contribution in [0.1, 0.15) is 26.9 Å². The number of aromatic nitrogens is 4. The molecule has 0 saturated carbocycles. The summed E-state index contributed by atoms with van der Waals surface area (Å²) in [6.07, 6.45) is 1.78. The maximum atomic E-state index is 11.7. The fraction of sp³-hybridized carbons (Fsp3) is 0.417. The number of carbonyl (C=O) groups is 2. The number of hydrogen-bond acceptors (Lipinski definition) is 6. The molecule has 0 fully saturated rings. The third-order valence-electron chi connectivity index (χ3n) is 2.40. The first-order valence-corrected chi connectivity index (χ1v) is 6.13. The van der Waals surface area contributed by atoms with Gasteiger partial charge in [0.2, 0.25) is 6.17 Å². The van der Waals surface area contributed by atoms with Gasteiger partial charge >= 0.3 is 12.1 Å². The molecule has 0 aliphatic heterocycles. The molecule has 0 aliphatic carbocycles. The zero-order valence-electron chi connectivity index (χ0n) is 11.8. The van der Waals surface area contributed by atoms with Crippen molar-refractivity contribution in [2.24, 2.45) is 0 Å². The van der Waals surface area contributed by atoms with E-state index in [9.17, 15) is 14.7 Å². The van der Waals surface area contributed by atoms with E-state index in [2.05, 4.69) is 20.3 Å². The summed E-state index contributed by atoms with van der Waals surface area (Å²) in [7, 11) is 0. The summed E-state index contributed by atoms with van der Waals surface area (Å²) in [6.45, 7) is 5.05. The summed E-state index contributed by atoms with van der Waals surface area (Å²) in [4.78, 5) is 34.9. The van der Waals surface area contributed by atoms with Crippen LogP contribution in [0.25, 0.3) is 11.2 Å². The van der Waals surface area contributed by atoms with Gasteiger partial charge in [0.15, 0.2) is 5.65 Å². The van der Waals surface area contributed by atoms with E-state index < -0.39 is 23.8 Å². The van der Waals surface area contributed by atoms with E-state index in [1.807, 2.05) is 0 Å². The zero-order valence-corrected chi connectivity index (χ0v) is 11.8. The Balaban J connectivity index is 2.28. The predicted octanol–water partition coefficient (Wildman–Crippen LogP) is 0.934. The summed E-state index contributed by atoms with van der Waals surface area (Å²) in [5, 5.41) is 11.6. The second-order valence-corrected chi connectivity index (χ2v) is 5.27. The van der Waals surface area contributed by atoms with Crippen LogP contribution in [0.5, 0.6) is 0 Å². The largest absolute Gasteiger partial charge is 0.478 e. The van der Waals surface area contributed by atoms with Crippen molar-refractivity contribution >= 4 is 23.2 Å². The molecule has 0 aliphatic rings. The van der Waals surface area contributed by atoms with Crippen LogP contribution >= 0.6 is 0 Å². The summed E-state index contributed by atoms with van der Waals surface area (Å²) in [6, 6.07) is 0. The second kappa shape index (κ2) is 5.35. The Kier molecular flexibility index (Phi) is 3.74. The van der Waals surface area contributed by atoms with E-state index >= 15 is 0 Å². The van der Waals surface area contributed by atoms with Gasteiger partial charge in [0.05, 0.1) is 12.5 Å². The van der Waals surface area contributed by atoms with Gasteiger partial charge in [-0.3, -0.25) is 9.88 Å². The molecule has 0 saturated heterocycles. The number of carboxylic acid groups (broad SMARTS) is 1. The maximum Gasteiger partial charge on any atom is 0.409 e. The molecule has 1 unspecified atom stereocenters. The molecule has 2 N–H and O–H groups in total. The van der Waals surface area contributed by atoms with Crippen molar-refractivity contribution in [3.63, 3.8) is 0 Å². The molecule has 2 aromatic rings. The Hall–Kier alpha value is -2.71. The quantitative estimate of drug-likeness (QED) is 0.863. The van der Waals surface area contributed by atoms with Crippen LogP contribution in [0.4, 0.5) is 4.79 Å². The first-order chi connectivity index (χ1) is 9.78. The lowest BCUT2D eigenvalue weighted by molar-refractivity contribution is -0.141. The number of alkyl carbamates (subject to hydrolysis) is 1. The normalized spacial score (nSPS) is 12.9. The molecule has 112 valence electrons. The number of carboxylic acids is 1. The molecule has 21 heavy (non-hydrogen) atoms. The van der Waals surface area contributed by atoms with Gasteiger partial charge in [0.1, 0.15) is 17.4 Å². The minimum Gasteiger partial charge on any atom is -0.478 e. The summed E-state index contributed by atoms with van der Waals surface area (Å²) >= 11 is 0. The molecule has 9 heteroatoms. The zero-order chi connectivity index (χ0) is 15.6. The molecule has 2 rings (SSSR count). The number of carbonyl (C=O) groups excluding carboxylic acids is 1. The van der Waals surface area contributed by atoms with Crippen LogP contribution < -0.4 is 5.32 Å². The van der Waals surface area contributed by atoms with Crippen LogP contribution in [0, 0.1) is 0 Å². The topological polar surface area (TPSA) is 119 Å². The molecule has 0 radical (unpaired) electrons. The number of nitrogens with zero attached hydrogens (tertiary/aromatic N) is 4. The van der Waals surface area contributed by atoms with E-state index in [0.29, 0.717) is 11.2 Å². The van der Waals surface area contributed by atoms with E-state index in [0.717, 1.165) is 0 Å². The van der Waals surface area contributed by atoms with Gasteiger partial charge in [0.25, 0.3) is 0 Å². The minimum absolute atomic E-state index is 0.299. The van der Waals surface area contributed by atoms with Crippen molar-refractivity contribution in [2.75, 3.05) is 0 Å². The summed E-state index contributed by atoms with van der Waals surface area (Å²) < 4.78 is 6.27. The molecule has 2 heterocycles. The summed E-state index contributed by atoms with van der Waals surface area (Å²) in [5.74, 6) is -1.27. The minimum atomic E-state index is -1.38. The first-order valence-electron chi connectivity index (χ1n) is 6.13. The van der Waals surface area contributed by atoms with Crippen molar-refractivity contribution in [3.8, 4) is 0 Å². The molecular weight excluding hydrogens is 278 g/mol. The van der Waals surface area contributed by atoms with Gasteiger partial charge in [-0.05, 0) is 20.8 Å². The van der Waals surface area contributed by atoms with Crippen LogP contribution in [0.15, 0.2) is 18.9 Å². The monoisotopic (exact) mass is 293 g/mol. The number of ether oxygens (including phenoxy) is 1. The number of rotatable bonds is 3. The van der Waals surface area contributed by atoms with Gasteiger partial charge in [-0.15, -0.1) is 0 Å². The number of nitrogens with one attached hydrogen (secondary N) is 1. The highest BCUT2D eigenvalue weighted by molar-refractivity contribution is 5.80. The molecule has 9 nitrogen and oxygen atoms in total. The van der Waals surface area contributed by atoms with Crippen molar-refractivity contribution in [1.82, 2.24) is 24.8 Å². The Bertz CT molecular complexity index is 676. The Labute approximate surface area is 120 Å². The lowest BCUT2D eigenvalue weighted by atomic mass is 10.2. The number of hydrogen-bond donors (Lipinski definition) is 2. The van der Waals surface area contributed by atoms with Crippen LogP contribution in [-0.2, 0) is 9.53 Å². The number of aliphatic carboxylic acids is 1. The standard InChI is InChI=1S/C12H15N5O4/c1-12(2,3)21-11(20)16-9(10(18)19)17-6-15-7-4-13-5-14-8(7)17/h4-6,9H,1-3H3,(H,16,20)(H,18,19). The fourth-order valence-corrected chi connectivity index (χ4v) is 1.64. The highest BCUT2D eigenvalue weighted by Gasteiger charge is 2.26. The van der Waals surface area contributed by atoms with Gasteiger partial charge < -0.3 is 9.84 Å². The first kappa shape index (κ1) is 14.7. The molecule has 2 aromatic heterocycles. The fourth-order valence-electron chi connectivity index (χ4n) is 1.64. The van der Waals surface area contributed by atoms with Crippen molar-refractivity contribution in [2.45, 2.75) is 32.5 Å². The molecule has 1 amide bonds. The van der Waals surface area contributed by atoms with E-state index in [1.165, 1.54) is 23.4 Å². The van der Waals surface area contributed by atoms with Crippen molar-refractivity contribution in [1.29, 1.82) is 0 Å². The number of amides is 1. The SMILES string of the molecule is CC(C)(C)OC(=O)NC(C(=O)O)n1cnc2cncnc21.